The summed E-state index contributed by atoms with van der Waals surface area (Å²) in [6.07, 6.45) is 1.18. The Bertz CT molecular complexity index is 659. The zero-order valence-corrected chi connectivity index (χ0v) is 15.4. The molecule has 0 spiro atoms. The molecule has 2 rings (SSSR count). The third kappa shape index (κ3) is 4.46. The van der Waals surface area contributed by atoms with E-state index < -0.39 is 0 Å². The van der Waals surface area contributed by atoms with Gasteiger partial charge in [0.2, 0.25) is 0 Å². The van der Waals surface area contributed by atoms with Crippen LogP contribution in [-0.2, 0) is 0 Å². The molecule has 0 fully saturated rings. The van der Waals surface area contributed by atoms with Crippen LogP contribution in [0.4, 0.5) is 0 Å². The van der Waals surface area contributed by atoms with Crippen LogP contribution in [0.1, 0.15) is 20.7 Å². The highest BCUT2D eigenvalue weighted by atomic mass is 79.9. The first-order valence-electron chi connectivity index (χ1n) is 5.57. The standard InChI is InChI=1S/2C7H4BrClO2/c2*8-5-2-1-4(3-10)6(9)7(5)11/h2*1-3,11H. The van der Waals surface area contributed by atoms with Gasteiger partial charge in [0.15, 0.2) is 12.6 Å². The van der Waals surface area contributed by atoms with Crippen LogP contribution in [-0.4, -0.2) is 22.8 Å². The molecule has 0 atom stereocenters. The van der Waals surface area contributed by atoms with Crippen molar-refractivity contribution in [3.63, 3.8) is 0 Å². The first-order valence-corrected chi connectivity index (χ1v) is 7.92. The SMILES string of the molecule is O=Cc1ccc(Br)c(O)c1Cl.O=Cc1ccc(Br)c(O)c1Cl. The molecule has 0 aliphatic heterocycles. The summed E-state index contributed by atoms with van der Waals surface area (Å²) in [4.78, 5) is 20.6. The van der Waals surface area contributed by atoms with E-state index in [0.717, 1.165) is 0 Å². The van der Waals surface area contributed by atoms with Gasteiger partial charge >= 0.3 is 0 Å². The number of rotatable bonds is 2. The van der Waals surface area contributed by atoms with Crippen molar-refractivity contribution in [3.05, 3.63) is 54.4 Å². The molecule has 0 aliphatic rings. The van der Waals surface area contributed by atoms with Crippen LogP contribution >= 0.6 is 55.1 Å². The van der Waals surface area contributed by atoms with Gasteiger partial charge in [-0.05, 0) is 56.1 Å². The average Bonchev–Trinajstić information content (AvgIpc) is 2.51. The van der Waals surface area contributed by atoms with Crippen molar-refractivity contribution in [2.45, 2.75) is 0 Å². The van der Waals surface area contributed by atoms with Crippen LogP contribution in [0.15, 0.2) is 33.2 Å². The van der Waals surface area contributed by atoms with Gasteiger partial charge in [-0.25, -0.2) is 0 Å². The van der Waals surface area contributed by atoms with Crippen LogP contribution in [0.2, 0.25) is 10.0 Å². The number of aldehydes is 2. The molecule has 0 unspecified atom stereocenters. The Kier molecular flexibility index (Phi) is 7.35. The van der Waals surface area contributed by atoms with Gasteiger partial charge in [-0.3, -0.25) is 9.59 Å². The maximum atomic E-state index is 10.3. The fraction of sp³-hybridized carbons (Fsp3) is 0. The number of hydrogen-bond acceptors (Lipinski definition) is 4. The molecule has 2 N–H and O–H groups in total. The number of carbonyl (C=O) groups excluding carboxylic acids is 2. The number of aromatic hydroxyl groups is 2. The second-order valence-corrected chi connectivity index (χ2v) is 6.30. The molecular formula is C14H8Br2Cl2O4. The molecule has 0 amide bonds. The van der Waals surface area contributed by atoms with Crippen molar-refractivity contribution in [1.29, 1.82) is 0 Å². The van der Waals surface area contributed by atoms with Gasteiger partial charge in [0, 0.05) is 11.1 Å². The first-order chi connectivity index (χ1) is 10.3. The maximum Gasteiger partial charge on any atom is 0.151 e. The van der Waals surface area contributed by atoms with Crippen LogP contribution < -0.4 is 0 Å². The molecule has 0 bridgehead atoms. The zero-order chi connectivity index (χ0) is 16.9. The number of phenolic OH excluding ortho intramolecular Hbond substituents is 2. The third-order valence-corrected chi connectivity index (χ3v) is 4.52. The number of halogens is 4. The molecule has 2 aromatic carbocycles. The zero-order valence-electron chi connectivity index (χ0n) is 10.7. The van der Waals surface area contributed by atoms with Crippen LogP contribution in [0, 0.1) is 0 Å². The molecule has 0 saturated heterocycles. The first kappa shape index (κ1) is 19.0. The van der Waals surface area contributed by atoms with Crippen molar-refractivity contribution >= 4 is 67.6 Å². The van der Waals surface area contributed by atoms with Crippen LogP contribution in [0.3, 0.4) is 0 Å². The topological polar surface area (TPSA) is 74.6 Å². The molecule has 4 nitrogen and oxygen atoms in total. The highest BCUT2D eigenvalue weighted by Gasteiger charge is 2.08. The summed E-state index contributed by atoms with van der Waals surface area (Å²) in [6.45, 7) is 0. The Hall–Kier alpha value is -1.08. The Balaban J connectivity index is 0.000000220. The fourth-order valence-corrected chi connectivity index (χ4v) is 2.60. The highest BCUT2D eigenvalue weighted by molar-refractivity contribution is 9.10. The predicted molar refractivity (Wildman–Crippen MR) is 92.4 cm³/mol. The fourth-order valence-electron chi connectivity index (χ4n) is 1.30. The normalized spacial score (nSPS) is 9.64. The summed E-state index contributed by atoms with van der Waals surface area (Å²) < 4.78 is 0.959. The number of hydrogen-bond donors (Lipinski definition) is 2. The molecular weight excluding hydrogens is 463 g/mol. The summed E-state index contributed by atoms with van der Waals surface area (Å²) in [5.74, 6) is -0.201. The minimum absolute atomic E-state index is 0.0781. The van der Waals surface area contributed by atoms with E-state index in [4.69, 9.17) is 23.2 Å². The van der Waals surface area contributed by atoms with E-state index in [1.807, 2.05) is 0 Å². The van der Waals surface area contributed by atoms with E-state index in [-0.39, 0.29) is 32.7 Å². The van der Waals surface area contributed by atoms with E-state index >= 15 is 0 Å². The summed E-state index contributed by atoms with van der Waals surface area (Å²) >= 11 is 17.3. The van der Waals surface area contributed by atoms with Gasteiger partial charge in [0.25, 0.3) is 0 Å². The maximum absolute atomic E-state index is 10.3. The average molecular weight is 471 g/mol. The quantitative estimate of drug-likeness (QED) is 0.588. The lowest BCUT2D eigenvalue weighted by molar-refractivity contribution is 0.111. The Morgan fingerprint density at radius 1 is 0.773 bits per heavy atom. The lowest BCUT2D eigenvalue weighted by atomic mass is 10.2. The molecule has 0 aliphatic carbocycles. The number of benzene rings is 2. The van der Waals surface area contributed by atoms with Gasteiger partial charge in [-0.15, -0.1) is 0 Å². The molecule has 0 heterocycles. The second-order valence-electron chi connectivity index (χ2n) is 3.83. The summed E-state index contributed by atoms with van der Waals surface area (Å²) in [5, 5.41) is 18.5. The van der Waals surface area contributed by atoms with E-state index in [1.165, 1.54) is 12.1 Å². The Morgan fingerprint density at radius 2 is 1.09 bits per heavy atom. The Labute approximate surface area is 152 Å². The van der Waals surface area contributed by atoms with Gasteiger partial charge < -0.3 is 10.2 Å². The second kappa shape index (κ2) is 8.53. The minimum Gasteiger partial charge on any atom is -0.505 e. The summed E-state index contributed by atoms with van der Waals surface area (Å²) in [5.41, 5.74) is 0.569. The molecule has 0 aromatic heterocycles. The highest BCUT2D eigenvalue weighted by Crippen LogP contribution is 2.34. The van der Waals surface area contributed by atoms with Crippen molar-refractivity contribution in [2.75, 3.05) is 0 Å². The lowest BCUT2D eigenvalue weighted by Gasteiger charge is -2.00. The molecule has 116 valence electrons. The van der Waals surface area contributed by atoms with E-state index in [1.54, 1.807) is 12.1 Å². The van der Waals surface area contributed by atoms with Gasteiger partial charge in [-0.1, -0.05) is 23.2 Å². The van der Waals surface area contributed by atoms with Crippen molar-refractivity contribution in [2.24, 2.45) is 0 Å². The summed E-state index contributed by atoms with van der Waals surface area (Å²) in [6, 6.07) is 6.17. The number of carbonyl (C=O) groups is 2. The monoisotopic (exact) mass is 468 g/mol. The lowest BCUT2D eigenvalue weighted by Crippen LogP contribution is -1.82. The van der Waals surface area contributed by atoms with Crippen molar-refractivity contribution in [1.82, 2.24) is 0 Å². The molecule has 0 radical (unpaired) electrons. The number of phenols is 2. The molecule has 8 heteroatoms. The van der Waals surface area contributed by atoms with Crippen molar-refractivity contribution < 1.29 is 19.8 Å². The minimum atomic E-state index is -0.101. The van der Waals surface area contributed by atoms with Gasteiger partial charge in [-0.2, -0.15) is 0 Å². The van der Waals surface area contributed by atoms with E-state index in [2.05, 4.69) is 31.9 Å². The molecule has 2 aromatic rings. The van der Waals surface area contributed by atoms with Gasteiger partial charge in [0.05, 0.1) is 19.0 Å². The van der Waals surface area contributed by atoms with E-state index in [9.17, 15) is 19.8 Å². The summed E-state index contributed by atoms with van der Waals surface area (Å²) in [7, 11) is 0. The smallest absolute Gasteiger partial charge is 0.151 e. The third-order valence-electron chi connectivity index (χ3n) is 2.45. The predicted octanol–water partition coefficient (Wildman–Crippen LogP) is 5.24. The molecule has 22 heavy (non-hydrogen) atoms. The van der Waals surface area contributed by atoms with E-state index in [0.29, 0.717) is 21.5 Å². The Morgan fingerprint density at radius 3 is 1.36 bits per heavy atom. The van der Waals surface area contributed by atoms with Crippen LogP contribution in [0.5, 0.6) is 11.5 Å². The van der Waals surface area contributed by atoms with Crippen LogP contribution in [0.25, 0.3) is 0 Å². The largest absolute Gasteiger partial charge is 0.505 e. The van der Waals surface area contributed by atoms with Gasteiger partial charge in [0.1, 0.15) is 11.5 Å². The van der Waals surface area contributed by atoms with Crippen molar-refractivity contribution in [3.8, 4) is 11.5 Å². The molecule has 0 saturated carbocycles.